The molecule has 0 radical (unpaired) electrons. The maximum absolute atomic E-state index is 11.7. The van der Waals surface area contributed by atoms with Crippen LogP contribution in [0.1, 0.15) is 23.7 Å². The van der Waals surface area contributed by atoms with Crippen molar-refractivity contribution in [1.29, 1.82) is 0 Å². The van der Waals surface area contributed by atoms with Crippen LogP contribution in [0.25, 0.3) is 0 Å². The SMILES string of the molecule is CCCNC(=O)C(=O)NC(=O)c1ccccc1N. The number of nitrogens with one attached hydrogen (secondary N) is 2. The number of amides is 3. The zero-order valence-electron chi connectivity index (χ0n) is 10.0. The molecule has 0 aromatic heterocycles. The van der Waals surface area contributed by atoms with Gasteiger partial charge in [-0.1, -0.05) is 19.1 Å². The number of hydrogen-bond donors (Lipinski definition) is 3. The summed E-state index contributed by atoms with van der Waals surface area (Å²) >= 11 is 0. The molecule has 0 spiro atoms. The summed E-state index contributed by atoms with van der Waals surface area (Å²) in [6.07, 6.45) is 0.707. The quantitative estimate of drug-likeness (QED) is 0.520. The Kier molecular flexibility index (Phi) is 4.86. The highest BCUT2D eigenvalue weighted by Crippen LogP contribution is 2.09. The van der Waals surface area contributed by atoms with E-state index in [1.807, 2.05) is 12.2 Å². The van der Waals surface area contributed by atoms with Crippen LogP contribution in [0.4, 0.5) is 5.69 Å². The van der Waals surface area contributed by atoms with Gasteiger partial charge in [-0.3, -0.25) is 19.7 Å². The molecule has 0 aliphatic heterocycles. The molecule has 6 nitrogen and oxygen atoms in total. The molecular formula is C12H15N3O3. The van der Waals surface area contributed by atoms with E-state index in [-0.39, 0.29) is 11.3 Å². The van der Waals surface area contributed by atoms with Crippen molar-refractivity contribution in [3.8, 4) is 0 Å². The highest BCUT2D eigenvalue weighted by molar-refractivity contribution is 6.38. The van der Waals surface area contributed by atoms with Crippen molar-refractivity contribution < 1.29 is 14.4 Å². The molecule has 0 unspecified atom stereocenters. The van der Waals surface area contributed by atoms with Crippen molar-refractivity contribution in [2.24, 2.45) is 0 Å². The van der Waals surface area contributed by atoms with Crippen LogP contribution in [-0.4, -0.2) is 24.3 Å². The number of carbonyl (C=O) groups excluding carboxylic acids is 3. The van der Waals surface area contributed by atoms with Crippen molar-refractivity contribution >= 4 is 23.4 Å². The highest BCUT2D eigenvalue weighted by atomic mass is 16.2. The minimum Gasteiger partial charge on any atom is -0.398 e. The number of nitrogens with two attached hydrogens (primary N) is 1. The summed E-state index contributed by atoms with van der Waals surface area (Å²) in [5.41, 5.74) is 5.99. The van der Waals surface area contributed by atoms with Gasteiger partial charge in [0.25, 0.3) is 5.91 Å². The number of hydrogen-bond acceptors (Lipinski definition) is 4. The van der Waals surface area contributed by atoms with Gasteiger partial charge in [0.2, 0.25) is 0 Å². The Morgan fingerprint density at radius 2 is 1.83 bits per heavy atom. The van der Waals surface area contributed by atoms with Gasteiger partial charge < -0.3 is 11.1 Å². The van der Waals surface area contributed by atoms with Crippen molar-refractivity contribution in [1.82, 2.24) is 10.6 Å². The standard InChI is InChI=1S/C12H15N3O3/c1-2-7-14-11(17)12(18)15-10(16)8-5-3-4-6-9(8)13/h3-6H,2,7,13H2,1H3,(H,14,17)(H,15,16,18). The summed E-state index contributed by atoms with van der Waals surface area (Å²) in [4.78, 5) is 34.3. The lowest BCUT2D eigenvalue weighted by atomic mass is 10.1. The molecule has 0 bridgehead atoms. The molecule has 1 aromatic carbocycles. The zero-order valence-corrected chi connectivity index (χ0v) is 10.0. The first-order valence-electron chi connectivity index (χ1n) is 5.54. The van der Waals surface area contributed by atoms with Gasteiger partial charge in [0.15, 0.2) is 0 Å². The van der Waals surface area contributed by atoms with Crippen LogP contribution < -0.4 is 16.4 Å². The lowest BCUT2D eigenvalue weighted by Crippen LogP contribution is -2.43. The Balaban J connectivity index is 2.63. The second-order valence-corrected chi connectivity index (χ2v) is 3.63. The molecule has 3 amide bonds. The first kappa shape index (κ1) is 13.7. The maximum atomic E-state index is 11.7. The van der Waals surface area contributed by atoms with Gasteiger partial charge >= 0.3 is 11.8 Å². The molecule has 0 heterocycles. The largest absolute Gasteiger partial charge is 0.398 e. The molecule has 1 aromatic rings. The summed E-state index contributed by atoms with van der Waals surface area (Å²) in [6, 6.07) is 6.30. The van der Waals surface area contributed by atoms with E-state index in [0.717, 1.165) is 0 Å². The number of carbonyl (C=O) groups is 3. The van der Waals surface area contributed by atoms with Gasteiger partial charge in [0.1, 0.15) is 0 Å². The normalized spacial score (nSPS) is 9.61. The van der Waals surface area contributed by atoms with E-state index in [4.69, 9.17) is 5.73 Å². The Morgan fingerprint density at radius 3 is 2.44 bits per heavy atom. The Hall–Kier alpha value is -2.37. The molecule has 1 rings (SSSR count). The highest BCUT2D eigenvalue weighted by Gasteiger charge is 2.18. The number of benzene rings is 1. The average molecular weight is 249 g/mol. The fraction of sp³-hybridized carbons (Fsp3) is 0.250. The third kappa shape index (κ3) is 3.58. The lowest BCUT2D eigenvalue weighted by Gasteiger charge is -2.06. The van der Waals surface area contributed by atoms with E-state index in [1.54, 1.807) is 12.1 Å². The van der Waals surface area contributed by atoms with Gasteiger partial charge in [-0.25, -0.2) is 0 Å². The Morgan fingerprint density at radius 1 is 1.17 bits per heavy atom. The fourth-order valence-corrected chi connectivity index (χ4v) is 1.25. The van der Waals surface area contributed by atoms with Crippen molar-refractivity contribution in [2.75, 3.05) is 12.3 Å². The van der Waals surface area contributed by atoms with Gasteiger partial charge in [-0.2, -0.15) is 0 Å². The summed E-state index contributed by atoms with van der Waals surface area (Å²) in [7, 11) is 0. The summed E-state index contributed by atoms with van der Waals surface area (Å²) in [6.45, 7) is 2.24. The predicted octanol–water partition coefficient (Wildman–Crippen LogP) is 0.0514. The molecule has 96 valence electrons. The molecule has 6 heteroatoms. The van der Waals surface area contributed by atoms with E-state index in [9.17, 15) is 14.4 Å². The third-order valence-electron chi connectivity index (χ3n) is 2.17. The van der Waals surface area contributed by atoms with E-state index >= 15 is 0 Å². The molecule has 0 fully saturated rings. The topological polar surface area (TPSA) is 101 Å². The van der Waals surface area contributed by atoms with Crippen LogP contribution in [0, 0.1) is 0 Å². The van der Waals surface area contributed by atoms with Gasteiger partial charge in [0.05, 0.1) is 5.56 Å². The van der Waals surface area contributed by atoms with Crippen LogP contribution in [-0.2, 0) is 9.59 Å². The first-order valence-corrected chi connectivity index (χ1v) is 5.54. The second kappa shape index (κ2) is 6.39. The minimum atomic E-state index is -0.989. The number of nitrogen functional groups attached to an aromatic ring is 1. The van der Waals surface area contributed by atoms with Gasteiger partial charge in [0, 0.05) is 12.2 Å². The monoisotopic (exact) mass is 249 g/mol. The molecule has 18 heavy (non-hydrogen) atoms. The van der Waals surface area contributed by atoms with Gasteiger partial charge in [-0.05, 0) is 18.6 Å². The van der Waals surface area contributed by atoms with Gasteiger partial charge in [-0.15, -0.1) is 0 Å². The Bertz CT molecular complexity index is 471. The van der Waals surface area contributed by atoms with Crippen LogP contribution in [0.2, 0.25) is 0 Å². The smallest absolute Gasteiger partial charge is 0.316 e. The molecule has 0 saturated carbocycles. The molecule has 0 saturated heterocycles. The van der Waals surface area contributed by atoms with E-state index in [0.29, 0.717) is 13.0 Å². The second-order valence-electron chi connectivity index (χ2n) is 3.63. The fourth-order valence-electron chi connectivity index (χ4n) is 1.25. The number of rotatable bonds is 3. The van der Waals surface area contributed by atoms with Crippen LogP contribution in [0.5, 0.6) is 0 Å². The molecule has 4 N–H and O–H groups in total. The van der Waals surface area contributed by atoms with Crippen molar-refractivity contribution in [3.05, 3.63) is 29.8 Å². The van der Waals surface area contributed by atoms with Crippen molar-refractivity contribution in [2.45, 2.75) is 13.3 Å². The number of anilines is 1. The van der Waals surface area contributed by atoms with E-state index in [2.05, 4.69) is 5.32 Å². The van der Waals surface area contributed by atoms with Crippen LogP contribution in [0.15, 0.2) is 24.3 Å². The van der Waals surface area contributed by atoms with Crippen LogP contribution in [0.3, 0.4) is 0 Å². The zero-order chi connectivity index (χ0) is 13.5. The van der Waals surface area contributed by atoms with E-state index in [1.165, 1.54) is 12.1 Å². The first-order chi connectivity index (χ1) is 8.56. The van der Waals surface area contributed by atoms with Crippen LogP contribution >= 0.6 is 0 Å². The van der Waals surface area contributed by atoms with Crippen molar-refractivity contribution in [3.63, 3.8) is 0 Å². The van der Waals surface area contributed by atoms with E-state index < -0.39 is 17.7 Å². The lowest BCUT2D eigenvalue weighted by molar-refractivity contribution is -0.138. The summed E-state index contributed by atoms with van der Waals surface area (Å²) in [5, 5.41) is 4.34. The third-order valence-corrected chi connectivity index (χ3v) is 2.17. The predicted molar refractivity (Wildman–Crippen MR) is 66.6 cm³/mol. The summed E-state index contributed by atoms with van der Waals surface area (Å²) in [5.74, 6) is -2.51. The number of imide groups is 1. The maximum Gasteiger partial charge on any atom is 0.316 e. The minimum absolute atomic E-state index is 0.161. The Labute approximate surface area is 105 Å². The summed E-state index contributed by atoms with van der Waals surface area (Å²) < 4.78 is 0. The molecule has 0 atom stereocenters. The number of para-hydroxylation sites is 1. The molecule has 0 aliphatic rings. The molecule has 0 aliphatic carbocycles. The average Bonchev–Trinajstić information content (AvgIpc) is 2.36. The molecular weight excluding hydrogens is 234 g/mol.